The van der Waals surface area contributed by atoms with Gasteiger partial charge >= 0.3 is 0 Å². The van der Waals surface area contributed by atoms with Crippen LogP contribution in [0.3, 0.4) is 0 Å². The molecule has 0 amide bonds. The van der Waals surface area contributed by atoms with Gasteiger partial charge in [0.1, 0.15) is 5.82 Å². The second kappa shape index (κ2) is 8.06. The van der Waals surface area contributed by atoms with Crippen molar-refractivity contribution in [3.05, 3.63) is 30.1 Å². The van der Waals surface area contributed by atoms with Crippen molar-refractivity contribution in [2.24, 2.45) is 0 Å². The summed E-state index contributed by atoms with van der Waals surface area (Å²) >= 11 is 0. The van der Waals surface area contributed by atoms with Crippen LogP contribution in [0.15, 0.2) is 24.3 Å². The van der Waals surface area contributed by atoms with Gasteiger partial charge in [-0.3, -0.25) is 0 Å². The van der Waals surface area contributed by atoms with Crippen LogP contribution in [0.1, 0.15) is 13.3 Å². The van der Waals surface area contributed by atoms with Crippen LogP contribution in [-0.2, 0) is 4.74 Å². The number of likely N-dealkylation sites (N-methyl/N-ethyl adjacent to an activating group) is 1. The first-order valence-corrected chi connectivity index (χ1v) is 6.37. The van der Waals surface area contributed by atoms with Crippen molar-refractivity contribution in [2.45, 2.75) is 19.4 Å². The summed E-state index contributed by atoms with van der Waals surface area (Å²) < 4.78 is 18.8. The summed E-state index contributed by atoms with van der Waals surface area (Å²) in [5, 5.41) is 3.40. The molecule has 0 aliphatic heterocycles. The zero-order valence-electron chi connectivity index (χ0n) is 11.4. The third kappa shape index (κ3) is 4.63. The van der Waals surface area contributed by atoms with Crippen LogP contribution in [0.5, 0.6) is 0 Å². The van der Waals surface area contributed by atoms with E-state index in [1.165, 1.54) is 6.07 Å². The summed E-state index contributed by atoms with van der Waals surface area (Å²) in [4.78, 5) is 1.92. The largest absolute Gasteiger partial charge is 0.383 e. The van der Waals surface area contributed by atoms with Gasteiger partial charge in [0.15, 0.2) is 0 Å². The lowest BCUT2D eigenvalue weighted by Gasteiger charge is -2.26. The van der Waals surface area contributed by atoms with E-state index < -0.39 is 0 Å². The lowest BCUT2D eigenvalue weighted by Crippen LogP contribution is -2.43. The van der Waals surface area contributed by atoms with Crippen LogP contribution in [0.4, 0.5) is 10.1 Å². The fourth-order valence-corrected chi connectivity index (χ4v) is 1.92. The first-order chi connectivity index (χ1) is 8.69. The van der Waals surface area contributed by atoms with E-state index in [9.17, 15) is 4.39 Å². The molecule has 0 aliphatic carbocycles. The zero-order chi connectivity index (χ0) is 13.4. The summed E-state index contributed by atoms with van der Waals surface area (Å²) in [6.07, 6.45) is 1.07. The number of anilines is 1. The lowest BCUT2D eigenvalue weighted by atomic mass is 10.2. The Hall–Kier alpha value is -1.13. The number of para-hydroxylation sites is 1. The van der Waals surface area contributed by atoms with Crippen molar-refractivity contribution in [1.29, 1.82) is 0 Å². The standard InChI is InChI=1S/C14H23FN2O/c1-4-9-16-12(11-18-3)10-17(2)14-8-6-5-7-13(14)15/h5-8,12,16H,4,9-11H2,1-3H3. The Morgan fingerprint density at radius 1 is 1.39 bits per heavy atom. The fraction of sp³-hybridized carbons (Fsp3) is 0.571. The number of hydrogen-bond donors (Lipinski definition) is 1. The predicted octanol–water partition coefficient (Wildman–Crippen LogP) is 2.28. The molecule has 1 atom stereocenters. The third-order valence-corrected chi connectivity index (χ3v) is 2.81. The maximum Gasteiger partial charge on any atom is 0.146 e. The summed E-state index contributed by atoms with van der Waals surface area (Å²) in [7, 11) is 3.58. The molecule has 0 aliphatic rings. The number of rotatable bonds is 8. The molecule has 18 heavy (non-hydrogen) atoms. The highest BCUT2D eigenvalue weighted by Crippen LogP contribution is 2.17. The molecular weight excluding hydrogens is 231 g/mol. The molecule has 0 saturated carbocycles. The predicted molar refractivity (Wildman–Crippen MR) is 73.6 cm³/mol. The Kier molecular flexibility index (Phi) is 6.68. The fourth-order valence-electron chi connectivity index (χ4n) is 1.92. The van der Waals surface area contributed by atoms with Gasteiger partial charge < -0.3 is 15.0 Å². The zero-order valence-corrected chi connectivity index (χ0v) is 11.4. The van der Waals surface area contributed by atoms with Crippen molar-refractivity contribution in [1.82, 2.24) is 5.32 Å². The summed E-state index contributed by atoms with van der Waals surface area (Å²) in [6.45, 7) is 4.41. The van der Waals surface area contributed by atoms with Crippen LogP contribution in [0.2, 0.25) is 0 Å². The molecule has 1 unspecified atom stereocenters. The Labute approximate surface area is 109 Å². The Bertz CT molecular complexity index is 346. The number of hydrogen-bond acceptors (Lipinski definition) is 3. The van der Waals surface area contributed by atoms with Gasteiger partial charge in [-0.2, -0.15) is 0 Å². The summed E-state index contributed by atoms with van der Waals surface area (Å²) in [5.74, 6) is -0.188. The SMILES string of the molecule is CCCNC(COC)CN(C)c1ccccc1F. The Morgan fingerprint density at radius 3 is 2.72 bits per heavy atom. The number of methoxy groups -OCH3 is 1. The van der Waals surface area contributed by atoms with E-state index in [-0.39, 0.29) is 11.9 Å². The van der Waals surface area contributed by atoms with Crippen molar-refractivity contribution in [2.75, 3.05) is 38.8 Å². The van der Waals surface area contributed by atoms with E-state index in [1.807, 2.05) is 18.0 Å². The van der Waals surface area contributed by atoms with Gasteiger partial charge in [-0.25, -0.2) is 4.39 Å². The lowest BCUT2D eigenvalue weighted by molar-refractivity contribution is 0.168. The molecule has 3 nitrogen and oxygen atoms in total. The van der Waals surface area contributed by atoms with E-state index in [4.69, 9.17) is 4.74 Å². The van der Waals surface area contributed by atoms with E-state index in [0.717, 1.165) is 19.5 Å². The normalized spacial score (nSPS) is 12.4. The average molecular weight is 254 g/mol. The van der Waals surface area contributed by atoms with Crippen molar-refractivity contribution >= 4 is 5.69 Å². The van der Waals surface area contributed by atoms with Gasteiger partial charge in [-0.1, -0.05) is 19.1 Å². The highest BCUT2D eigenvalue weighted by Gasteiger charge is 2.13. The van der Waals surface area contributed by atoms with Crippen molar-refractivity contribution in [3.8, 4) is 0 Å². The number of benzene rings is 1. The van der Waals surface area contributed by atoms with Crippen LogP contribution in [0, 0.1) is 5.82 Å². The molecule has 0 radical (unpaired) electrons. The van der Waals surface area contributed by atoms with Crippen LogP contribution in [-0.4, -0.2) is 39.9 Å². The molecule has 1 aromatic rings. The smallest absolute Gasteiger partial charge is 0.146 e. The van der Waals surface area contributed by atoms with E-state index in [2.05, 4.69) is 12.2 Å². The highest BCUT2D eigenvalue weighted by atomic mass is 19.1. The maximum atomic E-state index is 13.6. The minimum Gasteiger partial charge on any atom is -0.383 e. The number of nitrogens with zero attached hydrogens (tertiary/aromatic N) is 1. The van der Waals surface area contributed by atoms with Crippen molar-refractivity contribution < 1.29 is 9.13 Å². The molecule has 0 heterocycles. The number of ether oxygens (including phenoxy) is 1. The molecule has 102 valence electrons. The monoisotopic (exact) mass is 254 g/mol. The van der Waals surface area contributed by atoms with Crippen molar-refractivity contribution in [3.63, 3.8) is 0 Å². The molecule has 0 fully saturated rings. The van der Waals surface area contributed by atoms with E-state index >= 15 is 0 Å². The Morgan fingerprint density at radius 2 is 2.11 bits per heavy atom. The van der Waals surface area contributed by atoms with Crippen LogP contribution < -0.4 is 10.2 Å². The van der Waals surface area contributed by atoms with E-state index in [0.29, 0.717) is 12.3 Å². The highest BCUT2D eigenvalue weighted by molar-refractivity contribution is 5.46. The van der Waals surface area contributed by atoms with Gasteiger partial charge in [0, 0.05) is 26.7 Å². The van der Waals surface area contributed by atoms with Crippen LogP contribution in [0.25, 0.3) is 0 Å². The minimum absolute atomic E-state index is 0.188. The molecule has 0 saturated heterocycles. The second-order valence-electron chi connectivity index (χ2n) is 4.44. The van der Waals surface area contributed by atoms with Gasteiger partial charge in [0.25, 0.3) is 0 Å². The van der Waals surface area contributed by atoms with Gasteiger partial charge in [-0.15, -0.1) is 0 Å². The van der Waals surface area contributed by atoms with E-state index in [1.54, 1.807) is 19.2 Å². The number of nitrogens with one attached hydrogen (secondary N) is 1. The van der Waals surface area contributed by atoms with Gasteiger partial charge in [-0.05, 0) is 25.1 Å². The third-order valence-electron chi connectivity index (χ3n) is 2.81. The quantitative estimate of drug-likeness (QED) is 0.770. The molecule has 0 aromatic heterocycles. The molecule has 4 heteroatoms. The van der Waals surface area contributed by atoms with Gasteiger partial charge in [0.2, 0.25) is 0 Å². The molecular formula is C14H23FN2O. The topological polar surface area (TPSA) is 24.5 Å². The van der Waals surface area contributed by atoms with Gasteiger partial charge in [0.05, 0.1) is 12.3 Å². The Balaban J connectivity index is 2.60. The first kappa shape index (κ1) is 14.9. The molecule has 0 bridgehead atoms. The average Bonchev–Trinajstić information content (AvgIpc) is 2.36. The first-order valence-electron chi connectivity index (χ1n) is 6.37. The molecule has 1 aromatic carbocycles. The summed E-state index contributed by atoms with van der Waals surface area (Å²) in [5.41, 5.74) is 0.622. The second-order valence-corrected chi connectivity index (χ2v) is 4.44. The minimum atomic E-state index is -0.188. The molecule has 0 spiro atoms. The summed E-state index contributed by atoms with van der Waals surface area (Å²) in [6, 6.07) is 7.03. The molecule has 1 rings (SSSR count). The van der Waals surface area contributed by atoms with Crippen LogP contribution >= 0.6 is 0 Å². The molecule has 1 N–H and O–H groups in total. The number of halogens is 1. The maximum absolute atomic E-state index is 13.6.